The van der Waals surface area contributed by atoms with Gasteiger partial charge in [0.2, 0.25) is 0 Å². The minimum Gasteiger partial charge on any atom is -0.406 e. The zero-order chi connectivity index (χ0) is 17.9. The Balaban J connectivity index is 1.68. The lowest BCUT2D eigenvalue weighted by molar-refractivity contribution is -0.274. The molecule has 3 aromatic rings. The van der Waals surface area contributed by atoms with Crippen LogP contribution >= 0.6 is 23.1 Å². The lowest BCUT2D eigenvalue weighted by atomic mass is 10.2. The fourth-order valence-electron chi connectivity index (χ4n) is 2.20. The third kappa shape index (κ3) is 4.55. The van der Waals surface area contributed by atoms with Gasteiger partial charge < -0.3 is 9.30 Å². The number of nitrogens with zero attached hydrogens (tertiary/aromatic N) is 3. The molecule has 2 aromatic heterocycles. The second-order valence-electron chi connectivity index (χ2n) is 5.01. The van der Waals surface area contributed by atoms with Gasteiger partial charge in [0.15, 0.2) is 11.0 Å². The Morgan fingerprint density at radius 2 is 1.92 bits per heavy atom. The van der Waals surface area contributed by atoms with E-state index in [0.29, 0.717) is 5.75 Å². The quantitative estimate of drug-likeness (QED) is 0.546. The van der Waals surface area contributed by atoms with Crippen molar-refractivity contribution in [3.05, 3.63) is 47.3 Å². The number of hydrogen-bond acceptors (Lipinski definition) is 5. The Hall–Kier alpha value is -2.00. The second-order valence-corrected chi connectivity index (χ2v) is 6.90. The molecule has 0 radical (unpaired) electrons. The highest BCUT2D eigenvalue weighted by molar-refractivity contribution is 7.98. The van der Waals surface area contributed by atoms with E-state index >= 15 is 0 Å². The highest BCUT2D eigenvalue weighted by Crippen LogP contribution is 2.29. The van der Waals surface area contributed by atoms with Crippen molar-refractivity contribution in [2.45, 2.75) is 30.7 Å². The van der Waals surface area contributed by atoms with Crippen molar-refractivity contribution in [1.29, 1.82) is 0 Å². The van der Waals surface area contributed by atoms with Gasteiger partial charge in [-0.25, -0.2) is 0 Å². The van der Waals surface area contributed by atoms with Crippen LogP contribution < -0.4 is 4.74 Å². The van der Waals surface area contributed by atoms with E-state index in [1.54, 1.807) is 23.5 Å². The van der Waals surface area contributed by atoms with E-state index in [9.17, 15) is 13.2 Å². The summed E-state index contributed by atoms with van der Waals surface area (Å²) in [7, 11) is 0. The van der Waals surface area contributed by atoms with Crippen molar-refractivity contribution in [2.75, 3.05) is 0 Å². The van der Waals surface area contributed by atoms with Gasteiger partial charge in [0.25, 0.3) is 0 Å². The zero-order valence-electron chi connectivity index (χ0n) is 13.2. The molecule has 0 aliphatic rings. The van der Waals surface area contributed by atoms with Crippen LogP contribution in [0.2, 0.25) is 0 Å². The first kappa shape index (κ1) is 17.8. The average molecular weight is 385 g/mol. The Labute approximate surface area is 150 Å². The third-order valence-electron chi connectivity index (χ3n) is 3.30. The van der Waals surface area contributed by atoms with Gasteiger partial charge in [0.05, 0.1) is 4.88 Å². The van der Waals surface area contributed by atoms with E-state index < -0.39 is 6.36 Å². The van der Waals surface area contributed by atoms with Gasteiger partial charge in [-0.15, -0.1) is 34.7 Å². The SMILES string of the molecule is CCn1c(SCc2ccc(OC(F)(F)F)cc2)nnc1-c1cccs1. The number of halogens is 3. The van der Waals surface area contributed by atoms with Crippen LogP contribution in [0.25, 0.3) is 10.7 Å². The molecule has 0 unspecified atom stereocenters. The molecule has 0 amide bonds. The topological polar surface area (TPSA) is 39.9 Å². The number of thiophene rings is 1. The number of alkyl halides is 3. The van der Waals surface area contributed by atoms with Crippen molar-refractivity contribution < 1.29 is 17.9 Å². The Morgan fingerprint density at radius 3 is 2.52 bits per heavy atom. The highest BCUT2D eigenvalue weighted by atomic mass is 32.2. The molecule has 0 bridgehead atoms. The summed E-state index contributed by atoms with van der Waals surface area (Å²) in [6.07, 6.45) is -4.67. The molecule has 0 aliphatic carbocycles. The molecule has 0 N–H and O–H groups in total. The maximum Gasteiger partial charge on any atom is 0.573 e. The standard InChI is InChI=1S/C16H14F3N3OS2/c1-2-22-14(13-4-3-9-24-13)20-21-15(22)25-10-11-5-7-12(8-6-11)23-16(17,18)19/h3-9H,2,10H2,1H3. The van der Waals surface area contributed by atoms with Crippen LogP contribution in [0.4, 0.5) is 13.2 Å². The molecule has 0 spiro atoms. The Kier molecular flexibility index (Phi) is 5.33. The third-order valence-corrected chi connectivity index (χ3v) is 5.20. The minimum absolute atomic E-state index is 0.224. The van der Waals surface area contributed by atoms with E-state index in [4.69, 9.17) is 0 Å². The molecule has 0 fully saturated rings. The van der Waals surface area contributed by atoms with Crippen molar-refractivity contribution in [3.8, 4) is 16.5 Å². The van der Waals surface area contributed by atoms with Crippen molar-refractivity contribution >= 4 is 23.1 Å². The summed E-state index contributed by atoms with van der Waals surface area (Å²) >= 11 is 3.09. The molecule has 0 saturated heterocycles. The van der Waals surface area contributed by atoms with Crippen molar-refractivity contribution in [2.24, 2.45) is 0 Å². The maximum absolute atomic E-state index is 12.2. The predicted octanol–water partition coefficient (Wildman–Crippen LogP) is 5.22. The molecule has 4 nitrogen and oxygen atoms in total. The smallest absolute Gasteiger partial charge is 0.406 e. The number of aromatic nitrogens is 3. The molecule has 0 atom stereocenters. The summed E-state index contributed by atoms with van der Waals surface area (Å²) in [6.45, 7) is 2.76. The highest BCUT2D eigenvalue weighted by Gasteiger charge is 2.30. The summed E-state index contributed by atoms with van der Waals surface area (Å²) in [4.78, 5) is 1.05. The lowest BCUT2D eigenvalue weighted by Gasteiger charge is -2.09. The molecule has 9 heteroatoms. The summed E-state index contributed by atoms with van der Waals surface area (Å²) in [6, 6.07) is 9.80. The van der Waals surface area contributed by atoms with Crippen LogP contribution in [-0.4, -0.2) is 21.1 Å². The van der Waals surface area contributed by atoms with Gasteiger partial charge in [-0.2, -0.15) is 0 Å². The number of ether oxygens (including phenoxy) is 1. The summed E-state index contributed by atoms with van der Waals surface area (Å²) < 4.78 is 42.4. The fraction of sp³-hybridized carbons (Fsp3) is 0.250. The van der Waals surface area contributed by atoms with Gasteiger partial charge in [-0.1, -0.05) is 30.0 Å². The minimum atomic E-state index is -4.67. The van der Waals surface area contributed by atoms with Crippen LogP contribution in [0.15, 0.2) is 46.9 Å². The Morgan fingerprint density at radius 1 is 1.16 bits per heavy atom. The fourth-order valence-corrected chi connectivity index (χ4v) is 3.88. The van der Waals surface area contributed by atoms with Crippen LogP contribution in [0.1, 0.15) is 12.5 Å². The lowest BCUT2D eigenvalue weighted by Crippen LogP contribution is -2.16. The summed E-state index contributed by atoms with van der Waals surface area (Å²) in [5.74, 6) is 1.18. The van der Waals surface area contributed by atoms with E-state index in [1.807, 2.05) is 29.0 Å². The van der Waals surface area contributed by atoms with Crippen LogP contribution in [0.5, 0.6) is 5.75 Å². The maximum atomic E-state index is 12.2. The van der Waals surface area contributed by atoms with Crippen molar-refractivity contribution in [1.82, 2.24) is 14.8 Å². The van der Waals surface area contributed by atoms with Crippen LogP contribution in [0.3, 0.4) is 0 Å². The number of hydrogen-bond donors (Lipinski definition) is 0. The monoisotopic (exact) mass is 385 g/mol. The van der Waals surface area contributed by atoms with Gasteiger partial charge in [0, 0.05) is 12.3 Å². The van der Waals surface area contributed by atoms with Gasteiger partial charge in [-0.05, 0) is 36.1 Å². The number of thioether (sulfide) groups is 1. The van der Waals surface area contributed by atoms with Gasteiger partial charge >= 0.3 is 6.36 Å². The summed E-state index contributed by atoms with van der Waals surface area (Å²) in [5, 5.41) is 11.3. The molecule has 132 valence electrons. The second kappa shape index (κ2) is 7.49. The number of rotatable bonds is 6. The molecule has 0 saturated carbocycles. The predicted molar refractivity (Wildman–Crippen MR) is 91.7 cm³/mol. The molecule has 0 aliphatic heterocycles. The average Bonchev–Trinajstić information content (AvgIpc) is 3.21. The molecule has 1 aromatic carbocycles. The first-order valence-corrected chi connectivity index (χ1v) is 9.27. The molecule has 2 heterocycles. The van der Waals surface area contributed by atoms with E-state index in [2.05, 4.69) is 14.9 Å². The largest absolute Gasteiger partial charge is 0.573 e. The first-order valence-electron chi connectivity index (χ1n) is 7.41. The summed E-state index contributed by atoms with van der Waals surface area (Å²) in [5.41, 5.74) is 0.878. The van der Waals surface area contributed by atoms with E-state index in [1.165, 1.54) is 23.9 Å². The van der Waals surface area contributed by atoms with Crippen LogP contribution in [-0.2, 0) is 12.3 Å². The molecule has 25 heavy (non-hydrogen) atoms. The van der Waals surface area contributed by atoms with E-state index in [0.717, 1.165) is 28.0 Å². The van der Waals surface area contributed by atoms with Crippen LogP contribution in [0, 0.1) is 0 Å². The van der Waals surface area contributed by atoms with Gasteiger partial charge in [-0.3, -0.25) is 0 Å². The molecule has 3 rings (SSSR count). The number of benzene rings is 1. The van der Waals surface area contributed by atoms with E-state index in [-0.39, 0.29) is 5.75 Å². The van der Waals surface area contributed by atoms with Crippen molar-refractivity contribution in [3.63, 3.8) is 0 Å². The normalized spacial score (nSPS) is 11.7. The first-order chi connectivity index (χ1) is 12.0. The molecular weight excluding hydrogens is 371 g/mol. The zero-order valence-corrected chi connectivity index (χ0v) is 14.8. The van der Waals surface area contributed by atoms with Gasteiger partial charge in [0.1, 0.15) is 5.75 Å². The molecular formula is C16H14F3N3OS2. The Bertz CT molecular complexity index is 814.